The van der Waals surface area contributed by atoms with Gasteiger partial charge in [-0.2, -0.15) is 0 Å². The number of carboxylic acid groups (broad SMARTS) is 1. The predicted molar refractivity (Wildman–Crippen MR) is 79.9 cm³/mol. The molecular formula is C16H15NO5. The fourth-order valence-electron chi connectivity index (χ4n) is 1.96. The third-order valence-electron chi connectivity index (χ3n) is 3.17. The lowest BCUT2D eigenvalue weighted by atomic mass is 10.0. The van der Waals surface area contributed by atoms with Gasteiger partial charge in [-0.25, -0.2) is 9.79 Å². The Morgan fingerprint density at radius 3 is 2.18 bits per heavy atom. The zero-order valence-corrected chi connectivity index (χ0v) is 11.5. The molecule has 0 aliphatic carbocycles. The first kappa shape index (κ1) is 15.5. The quantitative estimate of drug-likeness (QED) is 0.627. The average Bonchev–Trinajstić information content (AvgIpc) is 2.50. The van der Waals surface area contributed by atoms with E-state index in [2.05, 4.69) is 4.99 Å². The smallest absolute Gasteiger partial charge is 0.364 e. The maximum absolute atomic E-state index is 11.3. The minimum absolute atomic E-state index is 0.0269. The monoisotopic (exact) mass is 301 g/mol. The Balaban J connectivity index is 2.28. The Hall–Kier alpha value is -2.86. The van der Waals surface area contributed by atoms with Gasteiger partial charge in [-0.3, -0.25) is 0 Å². The number of aliphatic hydroxyl groups is 1. The fourth-order valence-corrected chi connectivity index (χ4v) is 1.96. The SMILES string of the molecule is O=C(O)C(O)(N=CCc1c(O)cccc1O)c1ccccc1. The first-order valence-corrected chi connectivity index (χ1v) is 6.50. The van der Waals surface area contributed by atoms with E-state index in [-0.39, 0.29) is 29.0 Å². The second kappa shape index (κ2) is 6.28. The van der Waals surface area contributed by atoms with Crippen LogP contribution in [0.4, 0.5) is 0 Å². The molecule has 0 heterocycles. The summed E-state index contributed by atoms with van der Waals surface area (Å²) in [5, 5.41) is 38.8. The van der Waals surface area contributed by atoms with Crippen LogP contribution in [0.15, 0.2) is 53.5 Å². The number of carboxylic acids is 1. The van der Waals surface area contributed by atoms with Crippen molar-refractivity contribution in [1.29, 1.82) is 0 Å². The van der Waals surface area contributed by atoms with Crippen LogP contribution in [0.1, 0.15) is 11.1 Å². The molecule has 0 bridgehead atoms. The minimum Gasteiger partial charge on any atom is -0.508 e. The van der Waals surface area contributed by atoms with Gasteiger partial charge >= 0.3 is 5.97 Å². The predicted octanol–water partition coefficient (Wildman–Crippen LogP) is 1.64. The van der Waals surface area contributed by atoms with Crippen LogP contribution in [0, 0.1) is 0 Å². The van der Waals surface area contributed by atoms with E-state index in [1.54, 1.807) is 18.2 Å². The number of benzene rings is 2. The molecule has 0 radical (unpaired) electrons. The van der Waals surface area contributed by atoms with E-state index in [4.69, 9.17) is 0 Å². The Morgan fingerprint density at radius 2 is 1.64 bits per heavy atom. The van der Waals surface area contributed by atoms with Gasteiger partial charge in [0.05, 0.1) is 0 Å². The van der Waals surface area contributed by atoms with Gasteiger partial charge in [0, 0.05) is 23.8 Å². The summed E-state index contributed by atoms with van der Waals surface area (Å²) in [6.07, 6.45) is 1.12. The number of carbonyl (C=O) groups is 1. The first-order valence-electron chi connectivity index (χ1n) is 6.50. The van der Waals surface area contributed by atoms with Crippen molar-refractivity contribution >= 4 is 12.2 Å². The second-order valence-electron chi connectivity index (χ2n) is 4.63. The molecule has 0 spiro atoms. The van der Waals surface area contributed by atoms with E-state index in [0.29, 0.717) is 0 Å². The third kappa shape index (κ3) is 3.07. The van der Waals surface area contributed by atoms with E-state index >= 15 is 0 Å². The van der Waals surface area contributed by atoms with Crippen molar-refractivity contribution in [2.75, 3.05) is 0 Å². The molecule has 1 unspecified atom stereocenters. The van der Waals surface area contributed by atoms with Crippen LogP contribution in [0.2, 0.25) is 0 Å². The lowest BCUT2D eigenvalue weighted by Crippen LogP contribution is -2.33. The second-order valence-corrected chi connectivity index (χ2v) is 4.63. The average molecular weight is 301 g/mol. The number of nitrogens with zero attached hydrogens (tertiary/aromatic N) is 1. The van der Waals surface area contributed by atoms with Crippen LogP contribution >= 0.6 is 0 Å². The van der Waals surface area contributed by atoms with Gasteiger partial charge in [0.25, 0.3) is 5.72 Å². The van der Waals surface area contributed by atoms with E-state index in [0.717, 1.165) is 6.21 Å². The molecule has 0 aromatic heterocycles. The number of aromatic hydroxyl groups is 2. The molecule has 6 nitrogen and oxygen atoms in total. The van der Waals surface area contributed by atoms with Crippen molar-refractivity contribution in [3.8, 4) is 11.5 Å². The van der Waals surface area contributed by atoms with Crippen molar-refractivity contribution in [2.45, 2.75) is 12.1 Å². The van der Waals surface area contributed by atoms with Gasteiger partial charge in [0.2, 0.25) is 0 Å². The summed E-state index contributed by atoms with van der Waals surface area (Å²) < 4.78 is 0. The van der Waals surface area contributed by atoms with Crippen molar-refractivity contribution in [2.24, 2.45) is 4.99 Å². The standard InChI is InChI=1S/C16H15NO5/c18-13-7-4-8-14(19)12(13)9-10-17-16(22,15(20)21)11-5-2-1-3-6-11/h1-8,10,18-19,22H,9H2,(H,20,21). The highest BCUT2D eigenvalue weighted by Gasteiger charge is 2.37. The molecule has 0 fully saturated rings. The number of phenols is 2. The Kier molecular flexibility index (Phi) is 4.43. The number of rotatable bonds is 5. The van der Waals surface area contributed by atoms with Crippen molar-refractivity contribution in [3.63, 3.8) is 0 Å². The lowest BCUT2D eigenvalue weighted by molar-refractivity contribution is -0.158. The van der Waals surface area contributed by atoms with Gasteiger partial charge in [-0.15, -0.1) is 0 Å². The van der Waals surface area contributed by atoms with E-state index < -0.39 is 11.7 Å². The van der Waals surface area contributed by atoms with Gasteiger partial charge in [0.15, 0.2) is 0 Å². The summed E-state index contributed by atoms with van der Waals surface area (Å²) in [4.78, 5) is 15.0. The van der Waals surface area contributed by atoms with Crippen LogP contribution in [-0.4, -0.2) is 32.6 Å². The normalized spacial score (nSPS) is 13.9. The molecule has 2 aromatic rings. The molecule has 0 saturated carbocycles. The highest BCUT2D eigenvalue weighted by Crippen LogP contribution is 2.27. The molecule has 4 N–H and O–H groups in total. The summed E-state index contributed by atoms with van der Waals surface area (Å²) in [5.74, 6) is -1.79. The zero-order chi connectivity index (χ0) is 16.2. The number of hydrogen-bond donors (Lipinski definition) is 4. The highest BCUT2D eigenvalue weighted by molar-refractivity contribution is 5.81. The van der Waals surface area contributed by atoms with E-state index in [1.165, 1.54) is 30.3 Å². The summed E-state index contributed by atoms with van der Waals surface area (Å²) in [6, 6.07) is 12.0. The molecule has 0 amide bonds. The van der Waals surface area contributed by atoms with Crippen LogP contribution in [0.5, 0.6) is 11.5 Å². The van der Waals surface area contributed by atoms with Crippen molar-refractivity contribution < 1.29 is 25.2 Å². The molecular weight excluding hydrogens is 286 g/mol. The number of hydrogen-bond acceptors (Lipinski definition) is 5. The van der Waals surface area contributed by atoms with Crippen LogP contribution in [-0.2, 0) is 16.9 Å². The largest absolute Gasteiger partial charge is 0.508 e. The molecule has 2 aromatic carbocycles. The highest BCUT2D eigenvalue weighted by atomic mass is 16.4. The summed E-state index contributed by atoms with van der Waals surface area (Å²) in [7, 11) is 0. The summed E-state index contributed by atoms with van der Waals surface area (Å²) >= 11 is 0. The van der Waals surface area contributed by atoms with E-state index in [9.17, 15) is 25.2 Å². The Labute approximate surface area is 126 Å². The van der Waals surface area contributed by atoms with Crippen LogP contribution < -0.4 is 0 Å². The zero-order valence-electron chi connectivity index (χ0n) is 11.5. The minimum atomic E-state index is -2.42. The topological polar surface area (TPSA) is 110 Å². The van der Waals surface area contributed by atoms with Crippen molar-refractivity contribution in [1.82, 2.24) is 0 Å². The Morgan fingerprint density at radius 1 is 1.05 bits per heavy atom. The number of phenolic OH excluding ortho intramolecular Hbond substituents is 2. The van der Waals surface area contributed by atoms with Gasteiger partial charge in [-0.05, 0) is 12.1 Å². The number of aliphatic imine (C=N–C) groups is 1. The maximum atomic E-state index is 11.3. The Bertz CT molecular complexity index is 679. The lowest BCUT2D eigenvalue weighted by Gasteiger charge is -2.18. The molecule has 6 heteroatoms. The fraction of sp³-hybridized carbons (Fsp3) is 0.125. The molecule has 0 aliphatic heterocycles. The molecule has 2 rings (SSSR count). The van der Waals surface area contributed by atoms with Gasteiger partial charge in [-0.1, -0.05) is 36.4 Å². The third-order valence-corrected chi connectivity index (χ3v) is 3.17. The molecule has 1 atom stereocenters. The van der Waals surface area contributed by atoms with Gasteiger partial charge in [0.1, 0.15) is 11.5 Å². The maximum Gasteiger partial charge on any atom is 0.364 e. The van der Waals surface area contributed by atoms with Gasteiger partial charge < -0.3 is 20.4 Å². The first-order chi connectivity index (χ1) is 10.4. The van der Waals surface area contributed by atoms with E-state index in [1.807, 2.05) is 0 Å². The molecule has 22 heavy (non-hydrogen) atoms. The summed E-state index contributed by atoms with van der Waals surface area (Å²) in [6.45, 7) is 0. The van der Waals surface area contributed by atoms with Crippen LogP contribution in [0.3, 0.4) is 0 Å². The molecule has 0 aliphatic rings. The molecule has 114 valence electrons. The number of aliphatic carboxylic acids is 1. The summed E-state index contributed by atoms with van der Waals surface area (Å²) in [5.41, 5.74) is -2.10. The molecule has 0 saturated heterocycles. The van der Waals surface area contributed by atoms with Crippen LogP contribution in [0.25, 0.3) is 0 Å². The van der Waals surface area contributed by atoms with Crippen molar-refractivity contribution in [3.05, 3.63) is 59.7 Å².